The van der Waals surface area contributed by atoms with E-state index in [0.717, 1.165) is 48.6 Å². The Bertz CT molecular complexity index is 950. The molecule has 1 amide bonds. The maximum Gasteiger partial charge on any atom is 0.246 e. The number of nitrogens with zero attached hydrogens (tertiary/aromatic N) is 2. The third kappa shape index (κ3) is 4.52. The van der Waals surface area contributed by atoms with Crippen LogP contribution in [0, 0.1) is 6.92 Å². The van der Waals surface area contributed by atoms with Gasteiger partial charge in [0.25, 0.3) is 0 Å². The summed E-state index contributed by atoms with van der Waals surface area (Å²) >= 11 is 6.24. The molecule has 0 bridgehead atoms. The second-order valence-electron chi connectivity index (χ2n) is 7.55. The molecule has 2 N–H and O–H groups in total. The van der Waals surface area contributed by atoms with E-state index >= 15 is 0 Å². The van der Waals surface area contributed by atoms with Crippen molar-refractivity contribution in [1.82, 2.24) is 14.9 Å². The first-order valence-electron chi connectivity index (χ1n) is 9.97. The number of rotatable bonds is 5. The van der Waals surface area contributed by atoms with Gasteiger partial charge in [0.15, 0.2) is 0 Å². The molecule has 1 atom stereocenters. The zero-order valence-electron chi connectivity index (χ0n) is 16.4. The largest absolute Gasteiger partial charge is 0.348 e. The smallest absolute Gasteiger partial charge is 0.246 e. The van der Waals surface area contributed by atoms with Crippen molar-refractivity contribution in [1.29, 1.82) is 0 Å². The second kappa shape index (κ2) is 8.80. The SMILES string of the molecule is Cc1ccc(NC(=O)C(c2ccccc2)N2CCC(c3ncc[nH]3)CC2)cc1Cl. The summed E-state index contributed by atoms with van der Waals surface area (Å²) in [5, 5.41) is 3.71. The van der Waals surface area contributed by atoms with Crippen LogP contribution in [0.2, 0.25) is 5.02 Å². The number of anilines is 1. The summed E-state index contributed by atoms with van der Waals surface area (Å²) in [6.45, 7) is 3.63. The van der Waals surface area contributed by atoms with Crippen LogP contribution in [-0.4, -0.2) is 33.9 Å². The molecule has 6 heteroatoms. The number of aromatic nitrogens is 2. The molecule has 1 saturated heterocycles. The van der Waals surface area contributed by atoms with E-state index in [2.05, 4.69) is 20.2 Å². The van der Waals surface area contributed by atoms with Crippen molar-refractivity contribution in [2.75, 3.05) is 18.4 Å². The van der Waals surface area contributed by atoms with E-state index in [9.17, 15) is 4.79 Å². The molecular formula is C23H25ClN4O. The van der Waals surface area contributed by atoms with Gasteiger partial charge < -0.3 is 10.3 Å². The molecular weight excluding hydrogens is 384 g/mol. The van der Waals surface area contributed by atoms with Crippen LogP contribution in [0.4, 0.5) is 5.69 Å². The van der Waals surface area contributed by atoms with Crippen LogP contribution in [0.5, 0.6) is 0 Å². The minimum absolute atomic E-state index is 0.0347. The van der Waals surface area contributed by atoms with Crippen LogP contribution in [0.1, 0.15) is 41.8 Å². The molecule has 2 aromatic carbocycles. The first kappa shape index (κ1) is 19.7. The number of nitrogens with one attached hydrogen (secondary N) is 2. The van der Waals surface area contributed by atoms with Gasteiger partial charge in [-0.25, -0.2) is 4.98 Å². The highest BCUT2D eigenvalue weighted by Crippen LogP contribution is 2.32. The van der Waals surface area contributed by atoms with E-state index in [1.54, 1.807) is 12.3 Å². The normalized spacial score (nSPS) is 16.5. The first-order valence-corrected chi connectivity index (χ1v) is 10.3. The van der Waals surface area contributed by atoms with E-state index in [-0.39, 0.29) is 11.9 Å². The average molecular weight is 409 g/mol. The zero-order chi connectivity index (χ0) is 20.2. The standard InChI is InChI=1S/C23H25ClN4O/c1-16-7-8-19(15-20(16)24)27-23(29)21(17-5-3-2-4-6-17)28-13-9-18(10-14-28)22-25-11-12-26-22/h2-8,11-12,15,18,21H,9-10,13-14H2,1H3,(H,25,26)(H,27,29). The van der Waals surface area contributed by atoms with Gasteiger partial charge in [0.05, 0.1) is 0 Å². The van der Waals surface area contributed by atoms with Gasteiger partial charge in [-0.15, -0.1) is 0 Å². The minimum Gasteiger partial charge on any atom is -0.348 e. The number of H-pyrrole nitrogens is 1. The number of halogens is 1. The van der Waals surface area contributed by atoms with E-state index in [0.29, 0.717) is 10.9 Å². The lowest BCUT2D eigenvalue weighted by Crippen LogP contribution is -2.41. The Morgan fingerprint density at radius 2 is 1.97 bits per heavy atom. The number of piperidine rings is 1. The van der Waals surface area contributed by atoms with Crippen LogP contribution < -0.4 is 5.32 Å². The fourth-order valence-electron chi connectivity index (χ4n) is 3.98. The van der Waals surface area contributed by atoms with Crippen LogP contribution in [-0.2, 0) is 4.79 Å². The van der Waals surface area contributed by atoms with Gasteiger partial charge in [-0.3, -0.25) is 9.69 Å². The number of hydrogen-bond acceptors (Lipinski definition) is 3. The molecule has 5 nitrogen and oxygen atoms in total. The molecule has 0 spiro atoms. The Balaban J connectivity index is 1.52. The van der Waals surface area contributed by atoms with Crippen molar-refractivity contribution in [3.63, 3.8) is 0 Å². The monoisotopic (exact) mass is 408 g/mol. The molecule has 2 heterocycles. The summed E-state index contributed by atoms with van der Waals surface area (Å²) in [4.78, 5) is 23.2. The van der Waals surface area contributed by atoms with E-state index in [4.69, 9.17) is 11.6 Å². The number of imidazole rings is 1. The van der Waals surface area contributed by atoms with Crippen LogP contribution >= 0.6 is 11.6 Å². The number of amides is 1. The van der Waals surface area contributed by atoms with Crippen molar-refractivity contribution < 1.29 is 4.79 Å². The summed E-state index contributed by atoms with van der Waals surface area (Å²) in [5.74, 6) is 1.42. The lowest BCUT2D eigenvalue weighted by molar-refractivity contribution is -0.122. The predicted molar refractivity (Wildman–Crippen MR) is 116 cm³/mol. The van der Waals surface area contributed by atoms with Gasteiger partial charge in [0.2, 0.25) is 5.91 Å². The molecule has 150 valence electrons. The van der Waals surface area contributed by atoms with Crippen LogP contribution in [0.3, 0.4) is 0 Å². The number of carbonyl (C=O) groups is 1. The zero-order valence-corrected chi connectivity index (χ0v) is 17.2. The molecule has 3 aromatic rings. The fraction of sp³-hybridized carbons (Fsp3) is 0.304. The number of aromatic amines is 1. The Hall–Kier alpha value is -2.63. The summed E-state index contributed by atoms with van der Waals surface area (Å²) in [6.07, 6.45) is 5.62. The number of aryl methyl sites for hydroxylation is 1. The predicted octanol–water partition coefficient (Wildman–Crippen LogP) is 4.93. The summed E-state index contributed by atoms with van der Waals surface area (Å²) in [6, 6.07) is 15.3. The van der Waals surface area contributed by atoms with Crippen molar-refractivity contribution in [3.05, 3.63) is 82.9 Å². The molecule has 0 aliphatic carbocycles. The van der Waals surface area contributed by atoms with E-state index in [1.807, 2.05) is 55.6 Å². The maximum absolute atomic E-state index is 13.3. The van der Waals surface area contributed by atoms with Gasteiger partial charge in [-0.05, 0) is 56.1 Å². The molecule has 1 aliphatic rings. The topological polar surface area (TPSA) is 61.0 Å². The quantitative estimate of drug-likeness (QED) is 0.629. The van der Waals surface area contributed by atoms with E-state index < -0.39 is 0 Å². The summed E-state index contributed by atoms with van der Waals surface area (Å²) in [5.41, 5.74) is 2.71. The molecule has 1 aliphatic heterocycles. The third-order valence-electron chi connectivity index (χ3n) is 5.60. The molecule has 1 aromatic heterocycles. The fourth-order valence-corrected chi connectivity index (χ4v) is 4.16. The molecule has 1 fully saturated rings. The van der Waals surface area contributed by atoms with Gasteiger partial charge in [0.1, 0.15) is 11.9 Å². The highest BCUT2D eigenvalue weighted by molar-refractivity contribution is 6.31. The first-order chi connectivity index (χ1) is 14.1. The Labute approximate surface area is 176 Å². The minimum atomic E-state index is -0.339. The average Bonchev–Trinajstić information content (AvgIpc) is 3.27. The Morgan fingerprint density at radius 3 is 2.62 bits per heavy atom. The van der Waals surface area contributed by atoms with Crippen molar-refractivity contribution in [3.8, 4) is 0 Å². The van der Waals surface area contributed by atoms with Gasteiger partial charge in [0, 0.05) is 29.0 Å². The van der Waals surface area contributed by atoms with E-state index in [1.165, 1.54) is 0 Å². The molecule has 4 rings (SSSR count). The van der Waals surface area contributed by atoms with Crippen molar-refractivity contribution in [2.24, 2.45) is 0 Å². The second-order valence-corrected chi connectivity index (χ2v) is 7.96. The van der Waals surface area contributed by atoms with Gasteiger partial charge >= 0.3 is 0 Å². The number of benzene rings is 2. The highest BCUT2D eigenvalue weighted by Gasteiger charge is 2.32. The molecule has 0 radical (unpaired) electrons. The lowest BCUT2D eigenvalue weighted by atomic mass is 9.93. The molecule has 0 saturated carbocycles. The van der Waals surface area contributed by atoms with Crippen molar-refractivity contribution >= 4 is 23.2 Å². The lowest BCUT2D eigenvalue weighted by Gasteiger charge is -2.36. The van der Waals surface area contributed by atoms with Crippen LogP contribution in [0.15, 0.2) is 60.9 Å². The highest BCUT2D eigenvalue weighted by atomic mass is 35.5. The Kier molecular flexibility index (Phi) is 5.97. The third-order valence-corrected chi connectivity index (χ3v) is 6.01. The maximum atomic E-state index is 13.3. The molecule has 1 unspecified atom stereocenters. The summed E-state index contributed by atoms with van der Waals surface area (Å²) in [7, 11) is 0. The summed E-state index contributed by atoms with van der Waals surface area (Å²) < 4.78 is 0. The number of hydrogen-bond donors (Lipinski definition) is 2. The Morgan fingerprint density at radius 1 is 1.21 bits per heavy atom. The van der Waals surface area contributed by atoms with Gasteiger partial charge in [-0.2, -0.15) is 0 Å². The van der Waals surface area contributed by atoms with Crippen molar-refractivity contribution in [2.45, 2.75) is 31.7 Å². The van der Waals surface area contributed by atoms with Crippen LogP contribution in [0.25, 0.3) is 0 Å². The number of likely N-dealkylation sites (tertiary alicyclic amines) is 1. The van der Waals surface area contributed by atoms with Gasteiger partial charge in [-0.1, -0.05) is 48.0 Å². The molecule has 29 heavy (non-hydrogen) atoms. The number of carbonyl (C=O) groups excluding carboxylic acids is 1.